The van der Waals surface area contributed by atoms with Gasteiger partial charge in [-0.3, -0.25) is 9.59 Å². The Hall–Kier alpha value is -4.34. The summed E-state index contributed by atoms with van der Waals surface area (Å²) < 4.78 is 34.7. The molecule has 4 aromatic rings. The van der Waals surface area contributed by atoms with Crippen molar-refractivity contribution in [2.24, 2.45) is 0 Å². The molecule has 0 radical (unpaired) electrons. The minimum Gasteiger partial charge on any atom is -0.488 e. The third-order valence-electron chi connectivity index (χ3n) is 7.31. The van der Waals surface area contributed by atoms with Crippen LogP contribution in [-0.2, 0) is 29.1 Å². The van der Waals surface area contributed by atoms with Crippen molar-refractivity contribution in [2.75, 3.05) is 27.8 Å². The summed E-state index contributed by atoms with van der Waals surface area (Å²) in [6, 6.07) is 20.7. The summed E-state index contributed by atoms with van der Waals surface area (Å²) in [5.41, 5.74) is 3.57. The Labute approximate surface area is 291 Å². The molecular weight excluding hydrogens is 655 g/mol. The van der Waals surface area contributed by atoms with Gasteiger partial charge in [-0.25, -0.2) is 0 Å². The monoisotopic (exact) mass is 692 g/mol. The highest BCUT2D eigenvalue weighted by atomic mass is 35.5. The Bertz CT molecular complexity index is 1720. The fourth-order valence-electron chi connectivity index (χ4n) is 4.89. The van der Waals surface area contributed by atoms with Crippen molar-refractivity contribution in [3.63, 3.8) is 0 Å². The number of halogens is 2. The maximum absolute atomic E-state index is 15.1. The summed E-state index contributed by atoms with van der Waals surface area (Å²) in [7, 11) is 2.87. The fraction of sp³-hybridized carbons (Fsp3) is 0.263. The van der Waals surface area contributed by atoms with Gasteiger partial charge in [-0.1, -0.05) is 95.5 Å². The van der Waals surface area contributed by atoms with Crippen LogP contribution < -0.4 is 18.9 Å². The van der Waals surface area contributed by atoms with Gasteiger partial charge in [-0.05, 0) is 43.9 Å². The molecule has 0 spiro atoms. The van der Waals surface area contributed by atoms with Gasteiger partial charge in [-0.15, -0.1) is 0 Å². The van der Waals surface area contributed by atoms with Crippen LogP contribution in [0.5, 0.6) is 23.0 Å². The lowest BCUT2D eigenvalue weighted by Crippen LogP contribution is -2.17. The Morgan fingerprint density at radius 2 is 1.23 bits per heavy atom. The minimum atomic E-state index is -0.648. The van der Waals surface area contributed by atoms with E-state index >= 15 is 4.79 Å². The molecule has 0 amide bonds. The zero-order valence-corrected chi connectivity index (χ0v) is 29.1. The largest absolute Gasteiger partial charge is 0.488 e. The molecule has 0 bridgehead atoms. The molecule has 0 N–H and O–H groups in total. The predicted molar refractivity (Wildman–Crippen MR) is 186 cm³/mol. The van der Waals surface area contributed by atoms with Crippen molar-refractivity contribution in [3.8, 4) is 23.0 Å². The van der Waals surface area contributed by atoms with Crippen LogP contribution >= 0.6 is 23.2 Å². The summed E-state index contributed by atoms with van der Waals surface area (Å²) in [6.45, 7) is 5.41. The molecule has 0 heterocycles. The number of benzene rings is 4. The van der Waals surface area contributed by atoms with Crippen LogP contribution in [0, 0.1) is 6.92 Å². The second kappa shape index (κ2) is 17.7. The third-order valence-corrected chi connectivity index (χ3v) is 8.22. The Morgan fingerprint density at radius 3 is 1.69 bits per heavy atom. The quantitative estimate of drug-likeness (QED) is 0.0469. The van der Waals surface area contributed by atoms with Crippen LogP contribution in [0.2, 0.25) is 10.0 Å². The van der Waals surface area contributed by atoms with E-state index in [1.54, 1.807) is 13.0 Å². The standard InChI is InChI=1S/C38H38Cl2O8/c1-24(2)16-17-28-30(45-20-26-12-8-6-9-13-26)18-31(46-21-27-14-10-7-11-15-27)29(19-41)32(28)36(42)33-37(47-22-43-4)34(39)25(3)35(40)38(33)48-23-44-5/h6-16,18-19H,17,20-23H2,1-5H3. The average molecular weight is 694 g/mol. The number of ketones is 1. The molecule has 48 heavy (non-hydrogen) atoms. The van der Waals surface area contributed by atoms with Gasteiger partial charge in [0.25, 0.3) is 0 Å². The van der Waals surface area contributed by atoms with Gasteiger partial charge in [0.1, 0.15) is 30.3 Å². The molecule has 0 saturated heterocycles. The van der Waals surface area contributed by atoms with Crippen molar-refractivity contribution in [1.29, 1.82) is 0 Å². The van der Waals surface area contributed by atoms with Crippen molar-refractivity contribution in [2.45, 2.75) is 40.4 Å². The predicted octanol–water partition coefficient (Wildman–Crippen LogP) is 8.98. The lowest BCUT2D eigenvalue weighted by Gasteiger charge is -2.23. The van der Waals surface area contributed by atoms with Gasteiger partial charge in [0.2, 0.25) is 5.78 Å². The minimum absolute atomic E-state index is 0.0170. The van der Waals surface area contributed by atoms with Gasteiger partial charge in [0.05, 0.1) is 15.6 Å². The van der Waals surface area contributed by atoms with Gasteiger partial charge in [0.15, 0.2) is 31.4 Å². The number of hydrogen-bond acceptors (Lipinski definition) is 8. The third kappa shape index (κ3) is 8.76. The number of ether oxygens (including phenoxy) is 6. The zero-order chi connectivity index (χ0) is 34.6. The molecule has 252 valence electrons. The van der Waals surface area contributed by atoms with Crippen molar-refractivity contribution in [1.82, 2.24) is 0 Å². The Morgan fingerprint density at radius 1 is 0.729 bits per heavy atom. The highest BCUT2D eigenvalue weighted by molar-refractivity contribution is 6.39. The number of rotatable bonds is 17. The highest BCUT2D eigenvalue weighted by Gasteiger charge is 2.33. The first-order valence-corrected chi connectivity index (χ1v) is 15.9. The molecule has 0 aliphatic carbocycles. The molecule has 0 atom stereocenters. The van der Waals surface area contributed by atoms with E-state index in [1.165, 1.54) is 14.2 Å². The molecule has 0 aliphatic heterocycles. The molecule has 0 saturated carbocycles. The van der Waals surface area contributed by atoms with Gasteiger partial charge < -0.3 is 28.4 Å². The summed E-state index contributed by atoms with van der Waals surface area (Å²) in [4.78, 5) is 28.1. The number of aldehydes is 1. The Balaban J connectivity index is 2.03. The SMILES string of the molecule is COCOc1c(Cl)c(C)c(Cl)c(OCOC)c1C(=O)c1c(C=O)c(OCc2ccccc2)cc(OCc2ccccc2)c1CC=C(C)C. The van der Waals surface area contributed by atoms with Crippen LogP contribution in [0.3, 0.4) is 0 Å². The second-order valence-electron chi connectivity index (χ2n) is 11.0. The van der Waals surface area contributed by atoms with E-state index in [9.17, 15) is 4.79 Å². The lowest BCUT2D eigenvalue weighted by molar-refractivity contribution is 0.0446. The van der Waals surface area contributed by atoms with Crippen LogP contribution in [0.1, 0.15) is 62.4 Å². The maximum Gasteiger partial charge on any atom is 0.201 e. The smallest absolute Gasteiger partial charge is 0.201 e. The number of allylic oxidation sites excluding steroid dienone is 2. The summed E-state index contributed by atoms with van der Waals surface area (Å²) >= 11 is 13.5. The first-order valence-electron chi connectivity index (χ1n) is 15.1. The van der Waals surface area contributed by atoms with E-state index in [0.717, 1.165) is 16.7 Å². The van der Waals surface area contributed by atoms with Crippen LogP contribution in [-0.4, -0.2) is 39.9 Å². The van der Waals surface area contributed by atoms with Crippen molar-refractivity contribution >= 4 is 35.3 Å². The Kier molecular flexibility index (Phi) is 13.5. The number of hydrogen-bond donors (Lipinski definition) is 0. The summed E-state index contributed by atoms with van der Waals surface area (Å²) in [5, 5.41) is 0.168. The molecule has 8 nitrogen and oxygen atoms in total. The first kappa shape index (κ1) is 36.5. The van der Waals surface area contributed by atoms with E-state index in [0.29, 0.717) is 23.2 Å². The molecular formula is C38H38Cl2O8. The second-order valence-corrected chi connectivity index (χ2v) is 11.8. The van der Waals surface area contributed by atoms with Gasteiger partial charge >= 0.3 is 0 Å². The zero-order valence-electron chi connectivity index (χ0n) is 27.6. The van der Waals surface area contributed by atoms with E-state index in [1.807, 2.05) is 80.6 Å². The fourth-order valence-corrected chi connectivity index (χ4v) is 5.43. The number of methoxy groups -OCH3 is 2. The molecule has 0 fully saturated rings. The lowest BCUT2D eigenvalue weighted by atomic mass is 9.89. The maximum atomic E-state index is 15.1. The first-order chi connectivity index (χ1) is 23.2. The van der Waals surface area contributed by atoms with E-state index in [2.05, 4.69) is 0 Å². The molecule has 10 heteroatoms. The van der Waals surface area contributed by atoms with Gasteiger partial charge in [-0.2, -0.15) is 0 Å². The molecule has 0 unspecified atom stereocenters. The van der Waals surface area contributed by atoms with Crippen molar-refractivity contribution < 1.29 is 38.0 Å². The van der Waals surface area contributed by atoms with Crippen LogP contribution in [0.15, 0.2) is 78.4 Å². The topological polar surface area (TPSA) is 89.5 Å². The summed E-state index contributed by atoms with van der Waals surface area (Å²) in [6.07, 6.45) is 2.80. The molecule has 4 aromatic carbocycles. The van der Waals surface area contributed by atoms with E-state index in [-0.39, 0.29) is 77.2 Å². The molecule has 4 rings (SSSR count). The van der Waals surface area contributed by atoms with Crippen LogP contribution in [0.4, 0.5) is 0 Å². The van der Waals surface area contributed by atoms with E-state index in [4.69, 9.17) is 51.6 Å². The van der Waals surface area contributed by atoms with E-state index < -0.39 is 5.78 Å². The summed E-state index contributed by atoms with van der Waals surface area (Å²) in [5.74, 6) is -0.182. The van der Waals surface area contributed by atoms with Gasteiger partial charge in [0, 0.05) is 31.4 Å². The van der Waals surface area contributed by atoms with Crippen LogP contribution in [0.25, 0.3) is 0 Å². The number of carbonyl (C=O) groups is 2. The highest BCUT2D eigenvalue weighted by Crippen LogP contribution is 2.47. The average Bonchev–Trinajstić information content (AvgIpc) is 3.10. The molecule has 0 aliphatic rings. The number of carbonyl (C=O) groups excluding carboxylic acids is 2. The van der Waals surface area contributed by atoms with Crippen molar-refractivity contribution in [3.05, 3.63) is 127 Å². The molecule has 0 aromatic heterocycles. The normalized spacial score (nSPS) is 10.7.